The summed E-state index contributed by atoms with van der Waals surface area (Å²) in [4.78, 5) is 17.7. The number of benzene rings is 2. The van der Waals surface area contributed by atoms with Crippen LogP contribution >= 0.6 is 0 Å². The van der Waals surface area contributed by atoms with Crippen LogP contribution in [0, 0.1) is 17.2 Å². The van der Waals surface area contributed by atoms with Crippen molar-refractivity contribution in [2.24, 2.45) is 5.92 Å². The minimum Gasteiger partial charge on any atom is -0.436 e. The predicted octanol–water partition coefficient (Wildman–Crippen LogP) is 5.80. The molecule has 3 aromatic rings. The van der Waals surface area contributed by atoms with Crippen molar-refractivity contribution in [2.75, 3.05) is 6.26 Å². The average Bonchev–Trinajstić information content (AvgIpc) is 3.27. The summed E-state index contributed by atoms with van der Waals surface area (Å²) in [6.45, 7) is 0. The van der Waals surface area contributed by atoms with E-state index in [1.807, 2.05) is 24.3 Å². The second kappa shape index (κ2) is 9.70. The molecule has 0 radical (unpaired) electrons. The Balaban J connectivity index is 1.82. The molecule has 2 atom stereocenters. The number of ketones is 1. The van der Waals surface area contributed by atoms with Gasteiger partial charge in [0.1, 0.15) is 5.78 Å². The SMILES string of the molecule is CS(=O)(=O)c1ccc(-c2oc(-c3ccccc3)nc2C2CCC(F)(F)CC2C(=O)CCC#N)cc1. The van der Waals surface area contributed by atoms with Gasteiger partial charge in [0.15, 0.2) is 15.6 Å². The van der Waals surface area contributed by atoms with Crippen LogP contribution in [0.3, 0.4) is 0 Å². The lowest BCUT2D eigenvalue weighted by Gasteiger charge is -2.34. The third-order valence-electron chi connectivity index (χ3n) is 6.29. The second-order valence-electron chi connectivity index (χ2n) is 8.83. The maximum absolute atomic E-state index is 14.4. The molecule has 2 aromatic carbocycles. The van der Waals surface area contributed by atoms with Crippen LogP contribution < -0.4 is 0 Å². The molecule has 182 valence electrons. The van der Waals surface area contributed by atoms with E-state index in [9.17, 15) is 22.0 Å². The van der Waals surface area contributed by atoms with Gasteiger partial charge in [0.05, 0.1) is 16.7 Å². The first-order valence-electron chi connectivity index (χ1n) is 11.2. The third kappa shape index (κ3) is 5.49. The fourth-order valence-electron chi connectivity index (χ4n) is 4.51. The molecule has 0 saturated heterocycles. The summed E-state index contributed by atoms with van der Waals surface area (Å²) in [6.07, 6.45) is -0.00116. The predicted molar refractivity (Wildman–Crippen MR) is 125 cm³/mol. The molecule has 2 unspecified atom stereocenters. The monoisotopic (exact) mass is 498 g/mol. The smallest absolute Gasteiger partial charge is 0.248 e. The Morgan fingerprint density at radius 2 is 1.83 bits per heavy atom. The van der Waals surface area contributed by atoms with E-state index in [-0.39, 0.29) is 36.5 Å². The lowest BCUT2D eigenvalue weighted by molar-refractivity contribution is -0.131. The van der Waals surface area contributed by atoms with Gasteiger partial charge < -0.3 is 4.42 Å². The van der Waals surface area contributed by atoms with Crippen LogP contribution in [0.5, 0.6) is 0 Å². The Kier molecular flexibility index (Phi) is 6.86. The highest BCUT2D eigenvalue weighted by Crippen LogP contribution is 2.48. The minimum atomic E-state index is -3.41. The number of rotatable bonds is 7. The summed E-state index contributed by atoms with van der Waals surface area (Å²) < 4.78 is 58.6. The Bertz CT molecular complexity index is 1360. The van der Waals surface area contributed by atoms with Gasteiger partial charge in [-0.3, -0.25) is 4.79 Å². The molecule has 1 aliphatic carbocycles. The van der Waals surface area contributed by atoms with Crippen molar-refractivity contribution >= 4 is 15.6 Å². The van der Waals surface area contributed by atoms with E-state index in [1.54, 1.807) is 24.3 Å². The molecule has 6 nitrogen and oxygen atoms in total. The number of halogens is 2. The summed E-state index contributed by atoms with van der Waals surface area (Å²) >= 11 is 0. The normalized spacial score (nSPS) is 19.7. The zero-order valence-electron chi connectivity index (χ0n) is 19.1. The Morgan fingerprint density at radius 1 is 1.14 bits per heavy atom. The fourth-order valence-corrected chi connectivity index (χ4v) is 5.14. The molecule has 1 aromatic heterocycles. The van der Waals surface area contributed by atoms with Gasteiger partial charge in [-0.2, -0.15) is 5.26 Å². The maximum Gasteiger partial charge on any atom is 0.248 e. The number of alkyl halides is 2. The van der Waals surface area contributed by atoms with Crippen molar-refractivity contribution in [3.05, 3.63) is 60.3 Å². The van der Waals surface area contributed by atoms with E-state index in [1.165, 1.54) is 12.1 Å². The molecule has 9 heteroatoms. The van der Waals surface area contributed by atoms with E-state index < -0.39 is 39.8 Å². The molecular formula is C26H24F2N2O4S. The average molecular weight is 499 g/mol. The first-order chi connectivity index (χ1) is 16.6. The lowest BCUT2D eigenvalue weighted by Crippen LogP contribution is -2.36. The van der Waals surface area contributed by atoms with E-state index >= 15 is 0 Å². The molecule has 4 rings (SSSR count). The van der Waals surface area contributed by atoms with Gasteiger partial charge in [0, 0.05) is 54.9 Å². The van der Waals surface area contributed by atoms with Crippen molar-refractivity contribution in [1.82, 2.24) is 4.98 Å². The molecule has 1 heterocycles. The van der Waals surface area contributed by atoms with Crippen molar-refractivity contribution in [3.8, 4) is 28.8 Å². The number of Topliss-reactive ketones (excluding diaryl/α,β-unsaturated/α-hetero) is 1. The van der Waals surface area contributed by atoms with Crippen LogP contribution in [-0.4, -0.2) is 31.4 Å². The number of oxazole rings is 1. The largest absolute Gasteiger partial charge is 0.436 e. The van der Waals surface area contributed by atoms with Gasteiger partial charge in [-0.15, -0.1) is 0 Å². The molecule has 1 fully saturated rings. The summed E-state index contributed by atoms with van der Waals surface area (Å²) in [7, 11) is -3.41. The van der Waals surface area contributed by atoms with Crippen LogP contribution in [0.25, 0.3) is 22.8 Å². The fraction of sp³-hybridized carbons (Fsp3) is 0.346. The van der Waals surface area contributed by atoms with Gasteiger partial charge >= 0.3 is 0 Å². The second-order valence-corrected chi connectivity index (χ2v) is 10.8. The summed E-state index contributed by atoms with van der Waals surface area (Å²) in [5.74, 6) is -4.40. The third-order valence-corrected chi connectivity index (χ3v) is 7.42. The van der Waals surface area contributed by atoms with E-state index in [0.717, 1.165) is 6.26 Å². The van der Waals surface area contributed by atoms with Crippen LogP contribution in [0.1, 0.15) is 43.7 Å². The van der Waals surface area contributed by atoms with Crippen LogP contribution in [0.4, 0.5) is 8.78 Å². The van der Waals surface area contributed by atoms with Crippen molar-refractivity contribution in [3.63, 3.8) is 0 Å². The summed E-state index contributed by atoms with van der Waals surface area (Å²) in [5, 5.41) is 8.88. The van der Waals surface area contributed by atoms with Crippen LogP contribution in [-0.2, 0) is 14.6 Å². The molecule has 1 aliphatic rings. The summed E-state index contributed by atoms with van der Waals surface area (Å²) in [5.41, 5.74) is 1.60. The topological polar surface area (TPSA) is 101 Å². The van der Waals surface area contributed by atoms with Crippen LogP contribution in [0.15, 0.2) is 63.9 Å². The lowest BCUT2D eigenvalue weighted by atomic mass is 9.72. The standard InChI is InChI=1S/C26H24F2N2O4S/c1-35(32,33)19-11-9-17(10-12-19)24-23(30-25(34-24)18-6-3-2-4-7-18)20-13-14-26(27,28)16-21(20)22(31)8-5-15-29/h2-4,6-7,9-12,20-21H,5,8,13-14,16H2,1H3. The number of sulfone groups is 1. The highest BCUT2D eigenvalue weighted by atomic mass is 32.2. The molecule has 0 aliphatic heterocycles. The zero-order valence-corrected chi connectivity index (χ0v) is 19.9. The molecule has 0 bridgehead atoms. The number of nitriles is 1. The van der Waals surface area contributed by atoms with Gasteiger partial charge in [-0.05, 0) is 42.8 Å². The van der Waals surface area contributed by atoms with Gasteiger partial charge in [-0.1, -0.05) is 18.2 Å². The van der Waals surface area contributed by atoms with Crippen molar-refractivity contribution in [1.29, 1.82) is 5.26 Å². The number of hydrogen-bond acceptors (Lipinski definition) is 6. The Morgan fingerprint density at radius 3 is 2.46 bits per heavy atom. The molecule has 0 amide bonds. The van der Waals surface area contributed by atoms with E-state index in [0.29, 0.717) is 22.6 Å². The number of hydrogen-bond donors (Lipinski definition) is 0. The van der Waals surface area contributed by atoms with Crippen molar-refractivity contribution in [2.45, 2.75) is 48.8 Å². The molecule has 35 heavy (non-hydrogen) atoms. The van der Waals surface area contributed by atoms with E-state index in [2.05, 4.69) is 4.98 Å². The van der Waals surface area contributed by atoms with Crippen LogP contribution in [0.2, 0.25) is 0 Å². The summed E-state index contributed by atoms with van der Waals surface area (Å²) in [6, 6.07) is 17.0. The molecule has 1 saturated carbocycles. The number of aromatic nitrogens is 1. The molecular weight excluding hydrogens is 474 g/mol. The van der Waals surface area contributed by atoms with Gasteiger partial charge in [0.2, 0.25) is 11.8 Å². The molecule has 0 spiro atoms. The molecule has 0 N–H and O–H groups in total. The highest BCUT2D eigenvalue weighted by molar-refractivity contribution is 7.90. The van der Waals surface area contributed by atoms with Gasteiger partial charge in [0.25, 0.3) is 0 Å². The van der Waals surface area contributed by atoms with Crippen molar-refractivity contribution < 1.29 is 26.4 Å². The first-order valence-corrected chi connectivity index (χ1v) is 13.1. The highest BCUT2D eigenvalue weighted by Gasteiger charge is 2.46. The number of nitrogens with zero attached hydrogens (tertiary/aromatic N) is 2. The Labute approximate surface area is 202 Å². The maximum atomic E-state index is 14.4. The van der Waals surface area contributed by atoms with Gasteiger partial charge in [-0.25, -0.2) is 22.2 Å². The Hall–Kier alpha value is -3.38. The number of carbonyl (C=O) groups is 1. The quantitative estimate of drug-likeness (QED) is 0.408. The zero-order chi connectivity index (χ0) is 25.2. The van der Waals surface area contributed by atoms with E-state index in [4.69, 9.17) is 9.68 Å². The first kappa shape index (κ1) is 24.7. The number of carbonyl (C=O) groups excluding carboxylic acids is 1. The minimum absolute atomic E-state index is 0.0329.